The lowest BCUT2D eigenvalue weighted by molar-refractivity contribution is 0.101. The van der Waals surface area contributed by atoms with Gasteiger partial charge in [-0.1, -0.05) is 26.2 Å². The summed E-state index contributed by atoms with van der Waals surface area (Å²) in [5, 5.41) is 3.17. The minimum absolute atomic E-state index is 0.405. The van der Waals surface area contributed by atoms with E-state index in [1.807, 2.05) is 7.05 Å². The molecule has 3 rings (SSSR count). The van der Waals surface area contributed by atoms with Crippen LogP contribution < -0.4 is 10.1 Å². The van der Waals surface area contributed by atoms with Gasteiger partial charge in [-0.2, -0.15) is 4.98 Å². The zero-order valence-corrected chi connectivity index (χ0v) is 17.0. The molecule has 27 heavy (non-hydrogen) atoms. The molecular weight excluding hydrogens is 342 g/mol. The molecule has 2 aromatic rings. The van der Waals surface area contributed by atoms with Crippen LogP contribution in [0.15, 0.2) is 0 Å². The largest absolute Gasteiger partial charge is 0.468 e. The van der Waals surface area contributed by atoms with E-state index >= 15 is 0 Å². The second-order valence-electron chi connectivity index (χ2n) is 7.25. The number of fused-ring (bicyclic) bond motifs is 1. The first-order valence-electron chi connectivity index (χ1n) is 10.4. The number of ether oxygens (including phenoxy) is 2. The lowest BCUT2D eigenvalue weighted by atomic mass is 10.1. The summed E-state index contributed by atoms with van der Waals surface area (Å²) in [5.41, 5.74) is 1.65. The van der Waals surface area contributed by atoms with Gasteiger partial charge in [0.15, 0.2) is 17.0 Å². The molecule has 0 bridgehead atoms. The van der Waals surface area contributed by atoms with Gasteiger partial charge in [-0.25, -0.2) is 9.97 Å². The quantitative estimate of drug-likeness (QED) is 0.599. The van der Waals surface area contributed by atoms with E-state index in [2.05, 4.69) is 26.8 Å². The smallest absolute Gasteiger partial charge is 0.298 e. The third-order valence-corrected chi connectivity index (χ3v) is 5.21. The average molecular weight is 376 g/mol. The Balaban J connectivity index is 1.78. The van der Waals surface area contributed by atoms with Crippen LogP contribution in [0.2, 0.25) is 0 Å². The Hall–Kier alpha value is -1.89. The summed E-state index contributed by atoms with van der Waals surface area (Å²) < 4.78 is 13.4. The molecule has 7 heteroatoms. The molecule has 7 nitrogen and oxygen atoms in total. The molecule has 1 aliphatic rings. The molecule has 2 aromatic heterocycles. The van der Waals surface area contributed by atoms with E-state index in [1.54, 1.807) is 7.11 Å². The van der Waals surface area contributed by atoms with Crippen LogP contribution in [0.5, 0.6) is 6.01 Å². The Morgan fingerprint density at radius 3 is 2.78 bits per heavy atom. The number of anilines is 1. The van der Waals surface area contributed by atoms with Crippen molar-refractivity contribution in [3.05, 3.63) is 5.82 Å². The molecule has 0 aromatic carbocycles. The van der Waals surface area contributed by atoms with Crippen LogP contribution in [0.1, 0.15) is 64.1 Å². The maximum Gasteiger partial charge on any atom is 0.298 e. The molecule has 1 aliphatic heterocycles. The maximum absolute atomic E-state index is 5.74. The number of hydrogen-bond acceptors (Lipinski definition) is 6. The molecule has 0 aliphatic carbocycles. The number of methoxy groups -OCH3 is 1. The molecule has 1 saturated heterocycles. The number of nitrogens with one attached hydrogen (secondary N) is 1. The van der Waals surface area contributed by atoms with Crippen molar-refractivity contribution in [3.63, 3.8) is 0 Å². The van der Waals surface area contributed by atoms with E-state index in [-0.39, 0.29) is 0 Å². The van der Waals surface area contributed by atoms with Crippen molar-refractivity contribution in [1.82, 2.24) is 19.5 Å². The highest BCUT2D eigenvalue weighted by molar-refractivity contribution is 5.84. The van der Waals surface area contributed by atoms with E-state index in [1.165, 1.54) is 32.1 Å². The number of aryl methyl sites for hydroxylation is 2. The fourth-order valence-corrected chi connectivity index (χ4v) is 3.73. The third kappa shape index (κ3) is 4.89. The van der Waals surface area contributed by atoms with Gasteiger partial charge in [0.05, 0.1) is 13.2 Å². The second kappa shape index (κ2) is 9.88. The summed E-state index contributed by atoms with van der Waals surface area (Å²) in [4.78, 5) is 14.1. The number of unbranched alkanes of at least 4 members (excludes halogenated alkanes) is 3. The Morgan fingerprint density at radius 1 is 1.19 bits per heavy atom. The van der Waals surface area contributed by atoms with E-state index in [4.69, 9.17) is 14.5 Å². The van der Waals surface area contributed by atoms with Crippen LogP contribution in [0.4, 0.5) is 5.82 Å². The van der Waals surface area contributed by atoms with Gasteiger partial charge in [0, 0.05) is 26.6 Å². The van der Waals surface area contributed by atoms with E-state index in [9.17, 15) is 0 Å². The molecule has 1 atom stereocenters. The standard InChI is InChI=1S/C20H33N5O2/c1-4-5-6-7-12-16-22-18(21-2)17-19(23-16)25(20(24-17)26-3)13-8-10-15-11-9-14-27-15/h15H,4-14H2,1-3H3,(H,21,22,23). The van der Waals surface area contributed by atoms with Gasteiger partial charge in [-0.05, 0) is 32.1 Å². The van der Waals surface area contributed by atoms with Crippen LogP contribution in [-0.2, 0) is 17.7 Å². The summed E-state index contributed by atoms with van der Waals surface area (Å²) in [6.07, 6.45) is 10.6. The third-order valence-electron chi connectivity index (χ3n) is 5.21. The minimum atomic E-state index is 0.405. The van der Waals surface area contributed by atoms with Crippen molar-refractivity contribution in [3.8, 4) is 6.01 Å². The summed E-state index contributed by atoms with van der Waals surface area (Å²) in [6.45, 7) is 3.96. The maximum atomic E-state index is 5.74. The van der Waals surface area contributed by atoms with Crippen molar-refractivity contribution >= 4 is 17.0 Å². The van der Waals surface area contributed by atoms with Gasteiger partial charge < -0.3 is 14.8 Å². The summed E-state index contributed by atoms with van der Waals surface area (Å²) in [5.74, 6) is 1.66. The monoisotopic (exact) mass is 375 g/mol. The molecule has 3 heterocycles. The highest BCUT2D eigenvalue weighted by atomic mass is 16.5. The van der Waals surface area contributed by atoms with Gasteiger partial charge >= 0.3 is 0 Å². The van der Waals surface area contributed by atoms with E-state index < -0.39 is 0 Å². The summed E-state index contributed by atoms with van der Waals surface area (Å²) >= 11 is 0. The molecule has 0 saturated carbocycles. The Morgan fingerprint density at radius 2 is 2.07 bits per heavy atom. The van der Waals surface area contributed by atoms with E-state index in [0.29, 0.717) is 12.1 Å². The van der Waals surface area contributed by atoms with Gasteiger partial charge in [-0.15, -0.1) is 0 Å². The molecular formula is C20H33N5O2. The second-order valence-corrected chi connectivity index (χ2v) is 7.25. The SMILES string of the molecule is CCCCCCc1nc(NC)c2nc(OC)n(CCCC3CCCO3)c2n1. The Labute approximate surface area is 161 Å². The zero-order valence-electron chi connectivity index (χ0n) is 17.0. The predicted octanol–water partition coefficient (Wildman–Crippen LogP) is 3.96. The van der Waals surface area contributed by atoms with Crippen LogP contribution in [0, 0.1) is 0 Å². The normalized spacial score (nSPS) is 16.9. The number of nitrogens with zero attached hydrogens (tertiary/aromatic N) is 4. The van der Waals surface area contributed by atoms with Crippen molar-refractivity contribution in [1.29, 1.82) is 0 Å². The van der Waals surface area contributed by atoms with Crippen LogP contribution in [-0.4, -0.2) is 46.4 Å². The van der Waals surface area contributed by atoms with Gasteiger partial charge in [-0.3, -0.25) is 4.57 Å². The van der Waals surface area contributed by atoms with Crippen molar-refractivity contribution in [2.24, 2.45) is 0 Å². The molecule has 1 N–H and O–H groups in total. The number of rotatable bonds is 11. The first-order chi connectivity index (χ1) is 13.3. The van der Waals surface area contributed by atoms with Crippen LogP contribution >= 0.6 is 0 Å². The highest BCUT2D eigenvalue weighted by Crippen LogP contribution is 2.26. The van der Waals surface area contributed by atoms with Gasteiger partial charge in [0.2, 0.25) is 0 Å². The molecule has 1 unspecified atom stereocenters. The highest BCUT2D eigenvalue weighted by Gasteiger charge is 2.19. The summed E-state index contributed by atoms with van der Waals surface area (Å²) in [6, 6.07) is 0.603. The topological polar surface area (TPSA) is 74.1 Å². The predicted molar refractivity (Wildman–Crippen MR) is 107 cm³/mol. The van der Waals surface area contributed by atoms with Gasteiger partial charge in [0.1, 0.15) is 5.82 Å². The lowest BCUT2D eigenvalue weighted by Crippen LogP contribution is -2.09. The molecule has 150 valence electrons. The van der Waals surface area contributed by atoms with Crippen molar-refractivity contribution < 1.29 is 9.47 Å². The van der Waals surface area contributed by atoms with Crippen LogP contribution in [0.3, 0.4) is 0 Å². The Kier molecular flexibility index (Phi) is 7.26. The number of hydrogen-bond donors (Lipinski definition) is 1. The molecule has 1 fully saturated rings. The number of imidazole rings is 1. The fraction of sp³-hybridized carbons (Fsp3) is 0.750. The lowest BCUT2D eigenvalue weighted by Gasteiger charge is -2.11. The Bertz CT molecular complexity index is 725. The van der Waals surface area contributed by atoms with Crippen LogP contribution in [0.25, 0.3) is 11.2 Å². The molecule has 0 radical (unpaired) electrons. The number of aromatic nitrogens is 4. The molecule has 0 spiro atoms. The first kappa shape index (κ1) is 19.9. The van der Waals surface area contributed by atoms with Crippen molar-refractivity contribution in [2.75, 3.05) is 26.1 Å². The van der Waals surface area contributed by atoms with Crippen molar-refractivity contribution in [2.45, 2.75) is 77.4 Å². The fourth-order valence-electron chi connectivity index (χ4n) is 3.73. The first-order valence-corrected chi connectivity index (χ1v) is 10.4. The molecule has 0 amide bonds. The van der Waals surface area contributed by atoms with E-state index in [0.717, 1.165) is 61.6 Å². The van der Waals surface area contributed by atoms with Gasteiger partial charge in [0.25, 0.3) is 6.01 Å². The zero-order chi connectivity index (χ0) is 19.1. The average Bonchev–Trinajstić information content (AvgIpc) is 3.32. The summed E-state index contributed by atoms with van der Waals surface area (Å²) in [7, 11) is 3.54. The minimum Gasteiger partial charge on any atom is -0.468 e.